The van der Waals surface area contributed by atoms with Crippen LogP contribution in [0.25, 0.3) is 17.1 Å². The van der Waals surface area contributed by atoms with E-state index in [1.807, 2.05) is 24.3 Å². The van der Waals surface area contributed by atoms with E-state index < -0.39 is 0 Å². The highest BCUT2D eigenvalue weighted by Gasteiger charge is 1.98. The Kier molecular flexibility index (Phi) is 5.24. The summed E-state index contributed by atoms with van der Waals surface area (Å²) in [7, 11) is 0. The Morgan fingerprint density at radius 2 is 2.05 bits per heavy atom. The molecule has 1 aromatic heterocycles. The maximum atomic E-state index is 11.6. The third kappa shape index (κ3) is 4.16. The summed E-state index contributed by atoms with van der Waals surface area (Å²) in [5, 5.41) is 2.85. The molecule has 0 aliphatic rings. The predicted molar refractivity (Wildman–Crippen MR) is 81.1 cm³/mol. The summed E-state index contributed by atoms with van der Waals surface area (Å²) in [6, 6.07) is 7.67. The topological polar surface area (TPSA) is 54.9 Å². The number of fused-ring (bicyclic) bond motifs is 1. The van der Waals surface area contributed by atoms with Crippen LogP contribution < -0.4 is 5.32 Å². The number of para-hydroxylation sites is 2. The Labute approximate surface area is 118 Å². The largest absolute Gasteiger partial charge is 0.353 e. The Bertz CT molecular complexity index is 607. The van der Waals surface area contributed by atoms with Crippen LogP contribution in [-0.2, 0) is 4.79 Å². The zero-order valence-electron chi connectivity index (χ0n) is 11.7. The number of carbonyl (C=O) groups is 1. The minimum absolute atomic E-state index is 0.0870. The zero-order chi connectivity index (χ0) is 14.2. The minimum atomic E-state index is -0.0870. The van der Waals surface area contributed by atoms with Crippen molar-refractivity contribution in [3.8, 4) is 0 Å². The van der Waals surface area contributed by atoms with E-state index in [0.29, 0.717) is 5.69 Å². The van der Waals surface area contributed by atoms with Crippen molar-refractivity contribution in [1.82, 2.24) is 15.3 Å². The smallest absolute Gasteiger partial charge is 0.244 e. The maximum Gasteiger partial charge on any atom is 0.244 e. The van der Waals surface area contributed by atoms with Crippen molar-refractivity contribution in [2.75, 3.05) is 6.54 Å². The van der Waals surface area contributed by atoms with Crippen molar-refractivity contribution in [2.24, 2.45) is 0 Å². The van der Waals surface area contributed by atoms with E-state index in [2.05, 4.69) is 22.2 Å². The van der Waals surface area contributed by atoms with Gasteiger partial charge in [0.2, 0.25) is 5.91 Å². The molecule has 4 heteroatoms. The Morgan fingerprint density at radius 1 is 1.25 bits per heavy atom. The van der Waals surface area contributed by atoms with E-state index in [1.165, 1.54) is 6.08 Å². The first-order valence-electron chi connectivity index (χ1n) is 6.97. The molecule has 0 atom stereocenters. The summed E-state index contributed by atoms with van der Waals surface area (Å²) < 4.78 is 0. The number of aromatic nitrogens is 2. The lowest BCUT2D eigenvalue weighted by molar-refractivity contribution is -0.116. The summed E-state index contributed by atoms with van der Waals surface area (Å²) in [5.41, 5.74) is 2.37. The van der Waals surface area contributed by atoms with Crippen LogP contribution in [0.3, 0.4) is 0 Å². The molecule has 4 nitrogen and oxygen atoms in total. The predicted octanol–water partition coefficient (Wildman–Crippen LogP) is 2.95. The lowest BCUT2D eigenvalue weighted by Crippen LogP contribution is -2.21. The fourth-order valence-corrected chi connectivity index (χ4v) is 1.86. The molecule has 0 aliphatic heterocycles. The van der Waals surface area contributed by atoms with Gasteiger partial charge in [0.05, 0.1) is 22.9 Å². The lowest BCUT2D eigenvalue weighted by atomic mass is 10.2. The standard InChI is InChI=1S/C16H19N3O/c1-2-3-6-11-17-16(20)10-9-13-12-18-14-7-4-5-8-15(14)19-13/h4-5,7-10,12H,2-3,6,11H2,1H3,(H,17,20)/b10-9+. The van der Waals surface area contributed by atoms with Gasteiger partial charge >= 0.3 is 0 Å². The second-order valence-electron chi connectivity index (χ2n) is 4.62. The maximum absolute atomic E-state index is 11.6. The van der Waals surface area contributed by atoms with Crippen LogP contribution in [0.2, 0.25) is 0 Å². The highest BCUT2D eigenvalue weighted by molar-refractivity contribution is 5.91. The molecule has 2 aromatic rings. The number of nitrogens with zero attached hydrogens (tertiary/aromatic N) is 2. The third-order valence-corrected chi connectivity index (χ3v) is 2.95. The number of amides is 1. The van der Waals surface area contributed by atoms with Crippen LogP contribution in [-0.4, -0.2) is 22.4 Å². The van der Waals surface area contributed by atoms with Gasteiger partial charge in [-0.2, -0.15) is 0 Å². The minimum Gasteiger partial charge on any atom is -0.353 e. The van der Waals surface area contributed by atoms with Crippen molar-refractivity contribution < 1.29 is 4.79 Å². The summed E-state index contributed by atoms with van der Waals surface area (Å²) in [6.45, 7) is 2.86. The number of hydrogen-bond donors (Lipinski definition) is 1. The van der Waals surface area contributed by atoms with Gasteiger partial charge in [-0.3, -0.25) is 9.78 Å². The normalized spacial score (nSPS) is 11.1. The van der Waals surface area contributed by atoms with E-state index in [4.69, 9.17) is 0 Å². The van der Waals surface area contributed by atoms with Gasteiger partial charge in [0.15, 0.2) is 0 Å². The SMILES string of the molecule is CCCCCNC(=O)/C=C/c1cnc2ccccc2n1. The first-order valence-corrected chi connectivity index (χ1v) is 6.97. The average Bonchev–Trinajstić information content (AvgIpc) is 2.49. The van der Waals surface area contributed by atoms with Gasteiger partial charge in [0.1, 0.15) is 0 Å². The van der Waals surface area contributed by atoms with Gasteiger partial charge in [0.25, 0.3) is 0 Å². The van der Waals surface area contributed by atoms with Crippen LogP contribution in [0.15, 0.2) is 36.5 Å². The van der Waals surface area contributed by atoms with Crippen molar-refractivity contribution >= 4 is 23.0 Å². The molecule has 1 amide bonds. The van der Waals surface area contributed by atoms with Gasteiger partial charge in [-0.05, 0) is 24.6 Å². The van der Waals surface area contributed by atoms with Crippen LogP contribution >= 0.6 is 0 Å². The van der Waals surface area contributed by atoms with Crippen LogP contribution in [0.4, 0.5) is 0 Å². The monoisotopic (exact) mass is 269 g/mol. The van der Waals surface area contributed by atoms with E-state index in [0.717, 1.165) is 36.8 Å². The van der Waals surface area contributed by atoms with E-state index in [9.17, 15) is 4.79 Å². The van der Waals surface area contributed by atoms with E-state index >= 15 is 0 Å². The summed E-state index contributed by atoms with van der Waals surface area (Å²) >= 11 is 0. The molecule has 1 N–H and O–H groups in total. The number of benzene rings is 1. The van der Waals surface area contributed by atoms with Crippen LogP contribution in [0.5, 0.6) is 0 Å². The molecule has 0 unspecified atom stereocenters. The zero-order valence-corrected chi connectivity index (χ0v) is 11.7. The van der Waals surface area contributed by atoms with E-state index in [1.54, 1.807) is 12.3 Å². The van der Waals surface area contributed by atoms with Crippen LogP contribution in [0, 0.1) is 0 Å². The van der Waals surface area contributed by atoms with E-state index in [-0.39, 0.29) is 5.91 Å². The molecular weight excluding hydrogens is 250 g/mol. The molecular formula is C16H19N3O. The second-order valence-corrected chi connectivity index (χ2v) is 4.62. The number of hydrogen-bond acceptors (Lipinski definition) is 3. The summed E-state index contributed by atoms with van der Waals surface area (Å²) in [4.78, 5) is 20.3. The van der Waals surface area contributed by atoms with Gasteiger partial charge < -0.3 is 5.32 Å². The number of nitrogens with one attached hydrogen (secondary N) is 1. The fourth-order valence-electron chi connectivity index (χ4n) is 1.86. The highest BCUT2D eigenvalue weighted by Crippen LogP contribution is 2.09. The lowest BCUT2D eigenvalue weighted by Gasteiger charge is -2.00. The Morgan fingerprint density at radius 3 is 2.85 bits per heavy atom. The second kappa shape index (κ2) is 7.38. The fraction of sp³-hybridized carbons (Fsp3) is 0.312. The quantitative estimate of drug-likeness (QED) is 0.648. The Balaban J connectivity index is 1.93. The molecule has 0 bridgehead atoms. The summed E-state index contributed by atoms with van der Waals surface area (Å²) in [5.74, 6) is -0.0870. The van der Waals surface area contributed by atoms with Crippen molar-refractivity contribution in [2.45, 2.75) is 26.2 Å². The molecule has 20 heavy (non-hydrogen) atoms. The van der Waals surface area contributed by atoms with Gasteiger partial charge in [-0.15, -0.1) is 0 Å². The molecule has 0 saturated heterocycles. The molecule has 2 rings (SSSR count). The molecule has 0 spiro atoms. The van der Waals surface area contributed by atoms with Gasteiger partial charge in [0, 0.05) is 12.6 Å². The average molecular weight is 269 g/mol. The first kappa shape index (κ1) is 14.2. The Hall–Kier alpha value is -2.23. The highest BCUT2D eigenvalue weighted by atomic mass is 16.1. The molecule has 0 radical (unpaired) electrons. The first-order chi connectivity index (χ1) is 9.79. The summed E-state index contributed by atoms with van der Waals surface area (Å²) in [6.07, 6.45) is 8.17. The van der Waals surface area contributed by atoms with Gasteiger partial charge in [-0.25, -0.2) is 4.98 Å². The molecule has 0 saturated carbocycles. The molecule has 1 aromatic carbocycles. The molecule has 104 valence electrons. The van der Waals surface area contributed by atoms with Crippen molar-refractivity contribution in [3.05, 3.63) is 42.2 Å². The molecule has 0 fully saturated rings. The molecule has 0 aliphatic carbocycles. The number of carbonyl (C=O) groups excluding carboxylic acids is 1. The van der Waals surface area contributed by atoms with Crippen molar-refractivity contribution in [3.63, 3.8) is 0 Å². The number of rotatable bonds is 6. The van der Waals surface area contributed by atoms with Crippen LogP contribution in [0.1, 0.15) is 31.9 Å². The molecule has 1 heterocycles. The third-order valence-electron chi connectivity index (χ3n) is 2.95. The number of unbranched alkanes of at least 4 members (excludes halogenated alkanes) is 2. The van der Waals surface area contributed by atoms with Gasteiger partial charge in [-0.1, -0.05) is 31.9 Å². The van der Waals surface area contributed by atoms with Crippen molar-refractivity contribution in [1.29, 1.82) is 0 Å².